The average molecular weight is 294 g/mol. The van der Waals surface area contributed by atoms with Crippen molar-refractivity contribution in [3.63, 3.8) is 0 Å². The molecule has 1 heterocycles. The maximum Gasteiger partial charge on any atom is 0.233 e. The van der Waals surface area contributed by atoms with E-state index in [1.54, 1.807) is 19.5 Å². The van der Waals surface area contributed by atoms with E-state index in [4.69, 9.17) is 4.74 Å². The second-order valence-electron chi connectivity index (χ2n) is 3.43. The molecule has 88 valence electrons. The zero-order valence-corrected chi connectivity index (χ0v) is 10.9. The highest BCUT2D eigenvalue weighted by molar-refractivity contribution is 9.10. The molecular weight excluding hydrogens is 282 g/mol. The minimum atomic E-state index is 0.504. The molecular formula is C12H12BrN3O. The minimum absolute atomic E-state index is 0.504. The van der Waals surface area contributed by atoms with Crippen LogP contribution in [-0.2, 0) is 6.54 Å². The van der Waals surface area contributed by atoms with E-state index in [1.807, 2.05) is 18.2 Å². The molecule has 1 aromatic carbocycles. The molecule has 0 atom stereocenters. The van der Waals surface area contributed by atoms with Gasteiger partial charge in [-0.1, -0.05) is 28.1 Å². The van der Waals surface area contributed by atoms with E-state index in [9.17, 15) is 0 Å². The third-order valence-corrected chi connectivity index (χ3v) is 2.68. The van der Waals surface area contributed by atoms with Crippen LogP contribution in [0.25, 0.3) is 0 Å². The van der Waals surface area contributed by atoms with Crippen LogP contribution in [0.3, 0.4) is 0 Å². The van der Waals surface area contributed by atoms with Crippen LogP contribution in [0.2, 0.25) is 0 Å². The number of benzene rings is 1. The molecule has 2 rings (SSSR count). The number of rotatable bonds is 4. The predicted octanol–water partition coefficient (Wildman–Crippen LogP) is 2.86. The summed E-state index contributed by atoms with van der Waals surface area (Å²) in [6.07, 6.45) is 3.24. The fraction of sp³-hybridized carbons (Fsp3) is 0.167. The van der Waals surface area contributed by atoms with Crippen molar-refractivity contribution >= 4 is 21.7 Å². The third kappa shape index (κ3) is 3.42. The lowest BCUT2D eigenvalue weighted by Crippen LogP contribution is -2.02. The molecule has 5 heteroatoms. The molecule has 0 fully saturated rings. The fourth-order valence-electron chi connectivity index (χ4n) is 1.37. The van der Waals surface area contributed by atoms with Crippen LogP contribution in [0.5, 0.6) is 5.88 Å². The van der Waals surface area contributed by atoms with Gasteiger partial charge in [-0.2, -0.15) is 4.98 Å². The molecule has 17 heavy (non-hydrogen) atoms. The van der Waals surface area contributed by atoms with Crippen molar-refractivity contribution in [2.45, 2.75) is 6.54 Å². The lowest BCUT2D eigenvalue weighted by atomic mass is 10.2. The number of anilines is 1. The van der Waals surface area contributed by atoms with Crippen molar-refractivity contribution in [3.05, 3.63) is 46.7 Å². The first-order valence-corrected chi connectivity index (χ1v) is 5.91. The molecule has 1 N–H and O–H groups in total. The SMILES string of the molecule is COc1cncc(NCc2cccc(Br)c2)n1. The Labute approximate surface area is 108 Å². The Morgan fingerprint density at radius 1 is 1.35 bits per heavy atom. The van der Waals surface area contributed by atoms with Crippen molar-refractivity contribution < 1.29 is 4.74 Å². The zero-order valence-electron chi connectivity index (χ0n) is 9.35. The standard InChI is InChI=1S/C12H12BrN3O/c1-17-12-8-14-7-11(16-12)15-6-9-3-2-4-10(13)5-9/h2-5,7-8H,6H2,1H3,(H,15,16). The largest absolute Gasteiger partial charge is 0.480 e. The Bertz CT molecular complexity index is 505. The van der Waals surface area contributed by atoms with Crippen molar-refractivity contribution in [3.8, 4) is 5.88 Å². The van der Waals surface area contributed by atoms with Gasteiger partial charge in [0.2, 0.25) is 5.88 Å². The van der Waals surface area contributed by atoms with Gasteiger partial charge in [0.1, 0.15) is 5.82 Å². The number of methoxy groups -OCH3 is 1. The summed E-state index contributed by atoms with van der Waals surface area (Å²) < 4.78 is 6.07. The number of nitrogens with zero attached hydrogens (tertiary/aromatic N) is 2. The Morgan fingerprint density at radius 2 is 2.24 bits per heavy atom. The van der Waals surface area contributed by atoms with Gasteiger partial charge in [0.25, 0.3) is 0 Å². The van der Waals surface area contributed by atoms with E-state index in [-0.39, 0.29) is 0 Å². The number of nitrogens with one attached hydrogen (secondary N) is 1. The molecule has 0 unspecified atom stereocenters. The highest BCUT2D eigenvalue weighted by Gasteiger charge is 1.98. The van der Waals surface area contributed by atoms with Crippen LogP contribution < -0.4 is 10.1 Å². The average Bonchev–Trinajstić information content (AvgIpc) is 2.37. The summed E-state index contributed by atoms with van der Waals surface area (Å²) in [4.78, 5) is 8.25. The lowest BCUT2D eigenvalue weighted by molar-refractivity contribution is 0.396. The number of hydrogen-bond donors (Lipinski definition) is 1. The van der Waals surface area contributed by atoms with Crippen LogP contribution in [0.15, 0.2) is 41.1 Å². The first kappa shape index (κ1) is 11.9. The minimum Gasteiger partial charge on any atom is -0.480 e. The van der Waals surface area contributed by atoms with E-state index in [1.165, 1.54) is 5.56 Å². The van der Waals surface area contributed by atoms with Crippen molar-refractivity contribution in [1.29, 1.82) is 0 Å². The Hall–Kier alpha value is -1.62. The molecule has 0 amide bonds. The van der Waals surface area contributed by atoms with Gasteiger partial charge >= 0.3 is 0 Å². The first-order chi connectivity index (χ1) is 8.28. The van der Waals surface area contributed by atoms with Crippen molar-refractivity contribution in [2.24, 2.45) is 0 Å². The molecule has 0 radical (unpaired) electrons. The molecule has 4 nitrogen and oxygen atoms in total. The molecule has 0 saturated carbocycles. The third-order valence-electron chi connectivity index (χ3n) is 2.18. The predicted molar refractivity (Wildman–Crippen MR) is 70.1 cm³/mol. The van der Waals surface area contributed by atoms with Gasteiger partial charge < -0.3 is 10.1 Å². The topological polar surface area (TPSA) is 47.0 Å². The maximum absolute atomic E-state index is 5.00. The van der Waals surface area contributed by atoms with Crippen molar-refractivity contribution in [1.82, 2.24) is 9.97 Å². The van der Waals surface area contributed by atoms with Gasteiger partial charge in [0.15, 0.2) is 0 Å². The highest BCUT2D eigenvalue weighted by Crippen LogP contribution is 2.13. The second kappa shape index (κ2) is 5.63. The van der Waals surface area contributed by atoms with Crippen LogP contribution in [0.1, 0.15) is 5.56 Å². The molecule has 0 aliphatic carbocycles. The van der Waals surface area contributed by atoms with E-state index in [0.717, 1.165) is 4.47 Å². The highest BCUT2D eigenvalue weighted by atomic mass is 79.9. The lowest BCUT2D eigenvalue weighted by Gasteiger charge is -2.06. The van der Waals surface area contributed by atoms with Gasteiger partial charge in [0, 0.05) is 11.0 Å². The van der Waals surface area contributed by atoms with Gasteiger partial charge in [-0.3, -0.25) is 4.98 Å². The van der Waals surface area contributed by atoms with Gasteiger partial charge in [-0.15, -0.1) is 0 Å². The summed E-state index contributed by atoms with van der Waals surface area (Å²) in [6, 6.07) is 8.10. The maximum atomic E-state index is 5.00. The van der Waals surface area contributed by atoms with Crippen LogP contribution in [-0.4, -0.2) is 17.1 Å². The monoisotopic (exact) mass is 293 g/mol. The number of halogens is 1. The Kier molecular flexibility index (Phi) is 3.93. The number of ether oxygens (including phenoxy) is 1. The number of aromatic nitrogens is 2. The van der Waals surface area contributed by atoms with E-state index in [0.29, 0.717) is 18.2 Å². The first-order valence-electron chi connectivity index (χ1n) is 5.12. The molecule has 0 aliphatic rings. The smallest absolute Gasteiger partial charge is 0.233 e. The number of hydrogen-bond acceptors (Lipinski definition) is 4. The molecule has 0 aliphatic heterocycles. The summed E-state index contributed by atoms with van der Waals surface area (Å²) in [6.45, 7) is 0.696. The zero-order chi connectivity index (χ0) is 12.1. The summed E-state index contributed by atoms with van der Waals surface area (Å²) in [7, 11) is 1.57. The second-order valence-corrected chi connectivity index (χ2v) is 4.35. The quantitative estimate of drug-likeness (QED) is 0.942. The molecule has 2 aromatic rings. The Balaban J connectivity index is 2.02. The molecule has 1 aromatic heterocycles. The van der Waals surface area contributed by atoms with E-state index < -0.39 is 0 Å². The normalized spacial score (nSPS) is 10.0. The summed E-state index contributed by atoms with van der Waals surface area (Å²) >= 11 is 3.44. The van der Waals surface area contributed by atoms with Gasteiger partial charge in [-0.25, -0.2) is 0 Å². The fourth-order valence-corrected chi connectivity index (χ4v) is 1.82. The van der Waals surface area contributed by atoms with E-state index >= 15 is 0 Å². The molecule has 0 saturated heterocycles. The Morgan fingerprint density at radius 3 is 3.00 bits per heavy atom. The summed E-state index contributed by atoms with van der Waals surface area (Å²) in [5.41, 5.74) is 1.17. The van der Waals surface area contributed by atoms with Crippen LogP contribution in [0, 0.1) is 0 Å². The summed E-state index contributed by atoms with van der Waals surface area (Å²) in [5.74, 6) is 1.20. The van der Waals surface area contributed by atoms with Crippen LogP contribution >= 0.6 is 15.9 Å². The molecule has 0 bridgehead atoms. The van der Waals surface area contributed by atoms with Crippen LogP contribution in [0.4, 0.5) is 5.82 Å². The summed E-state index contributed by atoms with van der Waals surface area (Å²) in [5, 5.41) is 3.19. The van der Waals surface area contributed by atoms with Gasteiger partial charge in [-0.05, 0) is 17.7 Å². The van der Waals surface area contributed by atoms with Crippen molar-refractivity contribution in [2.75, 3.05) is 12.4 Å². The molecule has 0 spiro atoms. The van der Waals surface area contributed by atoms with Gasteiger partial charge in [0.05, 0.1) is 19.5 Å². The van der Waals surface area contributed by atoms with E-state index in [2.05, 4.69) is 37.3 Å².